The Morgan fingerprint density at radius 1 is 1.26 bits per heavy atom. The van der Waals surface area contributed by atoms with Gasteiger partial charge in [0.1, 0.15) is 6.54 Å². The number of carbonyl (C=O) groups excluding carboxylic acids is 2. The molecule has 0 aliphatic heterocycles. The molecule has 19 heavy (non-hydrogen) atoms. The molecule has 5 heteroatoms. The minimum absolute atomic E-state index is 0.0798. The molecule has 0 aromatic heterocycles. The van der Waals surface area contributed by atoms with Crippen LogP contribution in [0.3, 0.4) is 0 Å². The van der Waals surface area contributed by atoms with E-state index in [1.165, 1.54) is 4.90 Å². The maximum Gasteiger partial charge on any atom is 0.254 e. The summed E-state index contributed by atoms with van der Waals surface area (Å²) >= 11 is 4.23. The van der Waals surface area contributed by atoms with Crippen LogP contribution in [0.5, 0.6) is 0 Å². The van der Waals surface area contributed by atoms with Crippen molar-refractivity contribution < 1.29 is 9.59 Å². The summed E-state index contributed by atoms with van der Waals surface area (Å²) in [5.74, 6) is -0.211. The molecule has 0 heterocycles. The predicted octanol–water partition coefficient (Wildman–Crippen LogP) is 1.92. The summed E-state index contributed by atoms with van der Waals surface area (Å²) in [5.41, 5.74) is 0.563. The Morgan fingerprint density at radius 3 is 2.47 bits per heavy atom. The maximum absolute atomic E-state index is 12.4. The van der Waals surface area contributed by atoms with Crippen LogP contribution in [0.1, 0.15) is 23.7 Å². The minimum Gasteiger partial charge on any atom is -0.347 e. The Labute approximate surface area is 119 Å². The van der Waals surface area contributed by atoms with Crippen LogP contribution in [0.4, 0.5) is 0 Å². The standard InChI is InChI=1S/C14H20N2O2S/c1-4-8-16(10-13(17)15(2)3)14(18)11-6-5-7-12(19)9-11/h5-7,9,19H,4,8,10H2,1-3H3. The van der Waals surface area contributed by atoms with E-state index in [9.17, 15) is 9.59 Å². The van der Waals surface area contributed by atoms with Gasteiger partial charge >= 0.3 is 0 Å². The Bertz CT molecular complexity index is 461. The number of rotatable bonds is 5. The molecular formula is C14H20N2O2S. The van der Waals surface area contributed by atoms with Crippen molar-refractivity contribution in [3.8, 4) is 0 Å². The topological polar surface area (TPSA) is 40.6 Å². The Morgan fingerprint density at radius 2 is 1.95 bits per heavy atom. The molecule has 0 saturated carbocycles. The smallest absolute Gasteiger partial charge is 0.254 e. The van der Waals surface area contributed by atoms with Crippen LogP contribution in [-0.4, -0.2) is 48.8 Å². The largest absolute Gasteiger partial charge is 0.347 e. The van der Waals surface area contributed by atoms with Crippen molar-refractivity contribution in [3.63, 3.8) is 0 Å². The van der Waals surface area contributed by atoms with Crippen LogP contribution in [0.25, 0.3) is 0 Å². The fourth-order valence-electron chi connectivity index (χ4n) is 1.65. The second-order valence-corrected chi connectivity index (χ2v) is 5.08. The summed E-state index contributed by atoms with van der Waals surface area (Å²) in [6.07, 6.45) is 0.813. The maximum atomic E-state index is 12.4. The second-order valence-electron chi connectivity index (χ2n) is 4.57. The quantitative estimate of drug-likeness (QED) is 0.837. The molecular weight excluding hydrogens is 260 g/mol. The van der Waals surface area contributed by atoms with E-state index in [2.05, 4.69) is 12.6 Å². The van der Waals surface area contributed by atoms with Gasteiger partial charge in [-0.1, -0.05) is 13.0 Å². The minimum atomic E-state index is -0.132. The van der Waals surface area contributed by atoms with Gasteiger partial charge in [0, 0.05) is 31.1 Å². The number of amides is 2. The summed E-state index contributed by atoms with van der Waals surface area (Å²) in [6, 6.07) is 7.06. The molecule has 0 bridgehead atoms. The lowest BCUT2D eigenvalue weighted by Gasteiger charge is -2.23. The highest BCUT2D eigenvalue weighted by Gasteiger charge is 2.18. The molecule has 1 aromatic rings. The highest BCUT2D eigenvalue weighted by molar-refractivity contribution is 7.80. The van der Waals surface area contributed by atoms with Crippen molar-refractivity contribution in [1.82, 2.24) is 9.80 Å². The van der Waals surface area contributed by atoms with Gasteiger partial charge in [0.15, 0.2) is 0 Å². The van der Waals surface area contributed by atoms with Crippen LogP contribution < -0.4 is 0 Å². The molecule has 0 aliphatic rings. The molecule has 0 unspecified atom stereocenters. The van der Waals surface area contributed by atoms with Crippen molar-refractivity contribution >= 4 is 24.4 Å². The van der Waals surface area contributed by atoms with Gasteiger partial charge in [-0.25, -0.2) is 0 Å². The molecule has 0 N–H and O–H groups in total. The van der Waals surface area contributed by atoms with Gasteiger partial charge in [0.2, 0.25) is 5.91 Å². The summed E-state index contributed by atoms with van der Waals surface area (Å²) < 4.78 is 0. The van der Waals surface area contributed by atoms with Gasteiger partial charge in [0.25, 0.3) is 5.91 Å². The lowest BCUT2D eigenvalue weighted by molar-refractivity contribution is -0.129. The van der Waals surface area contributed by atoms with Gasteiger partial charge < -0.3 is 9.80 Å². The number of nitrogens with zero attached hydrogens (tertiary/aromatic N) is 2. The number of thiol groups is 1. The summed E-state index contributed by atoms with van der Waals surface area (Å²) in [6.45, 7) is 2.65. The summed E-state index contributed by atoms with van der Waals surface area (Å²) in [4.78, 5) is 27.9. The number of hydrogen-bond acceptors (Lipinski definition) is 3. The lowest BCUT2D eigenvalue weighted by atomic mass is 10.2. The van der Waals surface area contributed by atoms with Crippen molar-refractivity contribution in [2.24, 2.45) is 0 Å². The van der Waals surface area contributed by atoms with Gasteiger partial charge in [-0.2, -0.15) is 0 Å². The zero-order valence-electron chi connectivity index (χ0n) is 11.6. The SMILES string of the molecule is CCCN(CC(=O)N(C)C)C(=O)c1cccc(S)c1. The van der Waals surface area contributed by atoms with Gasteiger partial charge in [-0.15, -0.1) is 12.6 Å². The van der Waals surface area contributed by atoms with E-state index in [0.29, 0.717) is 12.1 Å². The highest BCUT2D eigenvalue weighted by Crippen LogP contribution is 2.12. The Kier molecular flexibility index (Phi) is 5.89. The molecule has 104 valence electrons. The molecule has 1 aromatic carbocycles. The number of likely N-dealkylation sites (N-methyl/N-ethyl adjacent to an activating group) is 1. The fourth-order valence-corrected chi connectivity index (χ4v) is 1.87. The Balaban J connectivity index is 2.86. The number of benzene rings is 1. The number of carbonyl (C=O) groups is 2. The Hall–Kier alpha value is -1.49. The lowest BCUT2D eigenvalue weighted by Crippen LogP contribution is -2.40. The van der Waals surface area contributed by atoms with E-state index in [-0.39, 0.29) is 18.4 Å². The normalized spacial score (nSPS) is 10.1. The van der Waals surface area contributed by atoms with Crippen molar-refractivity contribution in [2.45, 2.75) is 18.2 Å². The van der Waals surface area contributed by atoms with Crippen LogP contribution in [0.2, 0.25) is 0 Å². The van der Waals surface area contributed by atoms with E-state index in [1.807, 2.05) is 13.0 Å². The van der Waals surface area contributed by atoms with Crippen molar-refractivity contribution in [1.29, 1.82) is 0 Å². The second kappa shape index (κ2) is 7.19. The molecule has 0 spiro atoms. The third-order valence-corrected chi connectivity index (χ3v) is 2.98. The molecule has 1 rings (SSSR count). The van der Waals surface area contributed by atoms with Crippen LogP contribution >= 0.6 is 12.6 Å². The molecule has 2 amide bonds. The van der Waals surface area contributed by atoms with Crippen LogP contribution in [0.15, 0.2) is 29.2 Å². The zero-order valence-corrected chi connectivity index (χ0v) is 12.5. The average Bonchev–Trinajstić information content (AvgIpc) is 2.37. The predicted molar refractivity (Wildman–Crippen MR) is 78.6 cm³/mol. The first-order chi connectivity index (χ1) is 8.95. The van der Waals surface area contributed by atoms with Crippen molar-refractivity contribution in [2.75, 3.05) is 27.2 Å². The fraction of sp³-hybridized carbons (Fsp3) is 0.429. The average molecular weight is 280 g/mol. The molecule has 0 aliphatic carbocycles. The molecule has 0 fully saturated rings. The number of hydrogen-bond donors (Lipinski definition) is 1. The van der Waals surface area contributed by atoms with E-state index >= 15 is 0 Å². The molecule has 0 radical (unpaired) electrons. The molecule has 4 nitrogen and oxygen atoms in total. The first-order valence-electron chi connectivity index (χ1n) is 6.24. The molecule has 0 saturated heterocycles. The molecule has 0 atom stereocenters. The monoisotopic (exact) mass is 280 g/mol. The van der Waals surface area contributed by atoms with Gasteiger partial charge in [-0.05, 0) is 24.6 Å². The van der Waals surface area contributed by atoms with Crippen LogP contribution in [0, 0.1) is 0 Å². The van der Waals surface area contributed by atoms with Gasteiger partial charge in [-0.3, -0.25) is 9.59 Å². The summed E-state index contributed by atoms with van der Waals surface area (Å²) in [5, 5.41) is 0. The summed E-state index contributed by atoms with van der Waals surface area (Å²) in [7, 11) is 3.37. The third-order valence-electron chi connectivity index (χ3n) is 2.70. The van der Waals surface area contributed by atoms with Crippen molar-refractivity contribution in [3.05, 3.63) is 29.8 Å². The third kappa shape index (κ3) is 4.59. The highest BCUT2D eigenvalue weighted by atomic mass is 32.1. The van der Waals surface area contributed by atoms with E-state index in [1.54, 1.807) is 37.2 Å². The van der Waals surface area contributed by atoms with E-state index in [4.69, 9.17) is 0 Å². The van der Waals surface area contributed by atoms with E-state index < -0.39 is 0 Å². The first-order valence-corrected chi connectivity index (χ1v) is 6.69. The van der Waals surface area contributed by atoms with Gasteiger partial charge in [0.05, 0.1) is 0 Å². The van der Waals surface area contributed by atoms with Crippen LogP contribution in [-0.2, 0) is 4.79 Å². The van der Waals surface area contributed by atoms with E-state index in [0.717, 1.165) is 11.3 Å². The zero-order chi connectivity index (χ0) is 14.4. The first kappa shape index (κ1) is 15.6.